The predicted octanol–water partition coefficient (Wildman–Crippen LogP) is 4.06. The van der Waals surface area contributed by atoms with Crippen molar-refractivity contribution < 1.29 is 24.2 Å². The molecule has 174 valence electrons. The maximum atomic E-state index is 12.4. The Bertz CT molecular complexity index is 991. The summed E-state index contributed by atoms with van der Waals surface area (Å²) in [5.41, 5.74) is 4.62. The first-order chi connectivity index (χ1) is 15.9. The van der Waals surface area contributed by atoms with Crippen LogP contribution in [-0.4, -0.2) is 41.8 Å². The molecule has 0 aromatic heterocycles. The summed E-state index contributed by atoms with van der Waals surface area (Å²) in [7, 11) is 0. The Labute approximate surface area is 193 Å². The second kappa shape index (κ2) is 10.1. The van der Waals surface area contributed by atoms with E-state index in [0.717, 1.165) is 30.4 Å². The van der Waals surface area contributed by atoms with Gasteiger partial charge >= 0.3 is 12.1 Å². The van der Waals surface area contributed by atoms with Crippen LogP contribution in [0.5, 0.6) is 0 Å². The standard InChI is InChI=1S/C26H30N2O5/c1-16(13-24(29)28-23-12-6-7-17(23)14-25(30)31)27-26(32)33-15-22-20-10-4-2-8-18(20)19-9-3-5-11-21(19)22/h2-5,8-11,16-17,22-23H,6-7,12-15H2,1H3,(H,27,32)(H,28,29)(H,30,31)/t16-,17+,23-/m1/s1. The van der Waals surface area contributed by atoms with E-state index < -0.39 is 18.1 Å². The summed E-state index contributed by atoms with van der Waals surface area (Å²) in [4.78, 5) is 35.8. The number of nitrogens with one attached hydrogen (secondary N) is 2. The first-order valence-corrected chi connectivity index (χ1v) is 11.5. The fourth-order valence-corrected chi connectivity index (χ4v) is 5.13. The van der Waals surface area contributed by atoms with Gasteiger partial charge in [-0.25, -0.2) is 4.79 Å². The van der Waals surface area contributed by atoms with Gasteiger partial charge in [0, 0.05) is 24.4 Å². The van der Waals surface area contributed by atoms with Gasteiger partial charge in [0.25, 0.3) is 0 Å². The van der Waals surface area contributed by atoms with E-state index in [4.69, 9.17) is 9.84 Å². The molecule has 1 saturated carbocycles. The van der Waals surface area contributed by atoms with Crippen LogP contribution in [0.3, 0.4) is 0 Å². The van der Waals surface area contributed by atoms with Gasteiger partial charge in [-0.3, -0.25) is 9.59 Å². The Morgan fingerprint density at radius 1 is 1.03 bits per heavy atom. The molecule has 2 aliphatic rings. The van der Waals surface area contributed by atoms with Crippen molar-refractivity contribution in [3.63, 3.8) is 0 Å². The Morgan fingerprint density at radius 3 is 2.30 bits per heavy atom. The number of benzene rings is 2. The van der Waals surface area contributed by atoms with Gasteiger partial charge in [-0.1, -0.05) is 55.0 Å². The lowest BCUT2D eigenvalue weighted by molar-refractivity contribution is -0.138. The summed E-state index contributed by atoms with van der Waals surface area (Å²) in [6, 6.07) is 15.8. The number of hydrogen-bond donors (Lipinski definition) is 3. The van der Waals surface area contributed by atoms with Gasteiger partial charge in [0.15, 0.2) is 0 Å². The lowest BCUT2D eigenvalue weighted by atomic mass is 9.98. The maximum Gasteiger partial charge on any atom is 0.407 e. The first kappa shape index (κ1) is 22.8. The molecule has 3 atom stereocenters. The van der Waals surface area contributed by atoms with Crippen LogP contribution in [0.1, 0.15) is 56.1 Å². The van der Waals surface area contributed by atoms with E-state index >= 15 is 0 Å². The van der Waals surface area contributed by atoms with E-state index in [2.05, 4.69) is 34.9 Å². The van der Waals surface area contributed by atoms with Gasteiger partial charge in [0.1, 0.15) is 6.61 Å². The third-order valence-corrected chi connectivity index (χ3v) is 6.64. The third-order valence-electron chi connectivity index (χ3n) is 6.64. The van der Waals surface area contributed by atoms with Crippen molar-refractivity contribution in [2.45, 2.75) is 57.0 Å². The third kappa shape index (κ3) is 5.35. The van der Waals surface area contributed by atoms with Crippen LogP contribution < -0.4 is 10.6 Å². The Hall–Kier alpha value is -3.35. The van der Waals surface area contributed by atoms with Crippen molar-refractivity contribution in [3.8, 4) is 11.1 Å². The molecule has 1 fully saturated rings. The normalized spacial score (nSPS) is 19.9. The van der Waals surface area contributed by atoms with Gasteiger partial charge in [-0.05, 0) is 47.9 Å². The molecule has 0 radical (unpaired) electrons. The van der Waals surface area contributed by atoms with Gasteiger partial charge in [0.05, 0.1) is 6.42 Å². The summed E-state index contributed by atoms with van der Waals surface area (Å²) in [5, 5.41) is 14.7. The summed E-state index contributed by atoms with van der Waals surface area (Å²) >= 11 is 0. The minimum atomic E-state index is -0.841. The van der Waals surface area contributed by atoms with Gasteiger partial charge in [-0.2, -0.15) is 0 Å². The molecule has 0 spiro atoms. The number of fused-ring (bicyclic) bond motifs is 3. The molecule has 2 aliphatic carbocycles. The number of carbonyl (C=O) groups excluding carboxylic acids is 2. The van der Waals surface area contributed by atoms with E-state index in [9.17, 15) is 14.4 Å². The molecule has 0 aliphatic heterocycles. The van der Waals surface area contributed by atoms with Crippen LogP contribution in [-0.2, 0) is 14.3 Å². The number of carboxylic acid groups (broad SMARTS) is 1. The minimum absolute atomic E-state index is 0.0183. The molecule has 0 saturated heterocycles. The molecular formula is C26H30N2O5. The molecule has 7 nitrogen and oxygen atoms in total. The van der Waals surface area contributed by atoms with E-state index in [0.29, 0.717) is 0 Å². The number of amides is 2. The van der Waals surface area contributed by atoms with Crippen molar-refractivity contribution in [1.82, 2.24) is 10.6 Å². The van der Waals surface area contributed by atoms with Crippen molar-refractivity contribution in [3.05, 3.63) is 59.7 Å². The zero-order valence-corrected chi connectivity index (χ0v) is 18.8. The quantitative estimate of drug-likeness (QED) is 0.563. The zero-order chi connectivity index (χ0) is 23.4. The molecule has 2 aromatic carbocycles. The van der Waals surface area contributed by atoms with Crippen LogP contribution >= 0.6 is 0 Å². The fraction of sp³-hybridized carbons (Fsp3) is 0.423. The molecule has 0 heterocycles. The smallest absolute Gasteiger partial charge is 0.407 e. The SMILES string of the molecule is C[C@H](CC(=O)N[C@@H]1CCC[C@H]1CC(=O)O)NC(=O)OCC1c2ccccc2-c2ccccc21. The summed E-state index contributed by atoms with van der Waals surface area (Å²) < 4.78 is 5.54. The Balaban J connectivity index is 1.26. The Morgan fingerprint density at radius 2 is 1.67 bits per heavy atom. The molecule has 33 heavy (non-hydrogen) atoms. The molecule has 0 unspecified atom stereocenters. The van der Waals surface area contributed by atoms with Crippen molar-refractivity contribution >= 4 is 18.0 Å². The average molecular weight is 451 g/mol. The van der Waals surface area contributed by atoms with E-state index in [1.54, 1.807) is 6.92 Å². The van der Waals surface area contributed by atoms with Crippen LogP contribution in [0.15, 0.2) is 48.5 Å². The molecule has 4 rings (SSSR count). The number of ether oxygens (including phenoxy) is 1. The van der Waals surface area contributed by atoms with E-state index in [-0.39, 0.29) is 43.2 Å². The average Bonchev–Trinajstić information content (AvgIpc) is 3.33. The molecule has 0 bridgehead atoms. The highest BCUT2D eigenvalue weighted by Crippen LogP contribution is 2.44. The number of aliphatic carboxylic acids is 1. The number of carbonyl (C=O) groups is 3. The molecule has 7 heteroatoms. The van der Waals surface area contributed by atoms with Gasteiger partial charge < -0.3 is 20.5 Å². The topological polar surface area (TPSA) is 105 Å². The van der Waals surface area contributed by atoms with E-state index in [1.807, 2.05) is 24.3 Å². The van der Waals surface area contributed by atoms with Crippen molar-refractivity contribution in [2.75, 3.05) is 6.61 Å². The largest absolute Gasteiger partial charge is 0.481 e. The second-order valence-corrected chi connectivity index (χ2v) is 9.04. The highest BCUT2D eigenvalue weighted by Gasteiger charge is 2.31. The van der Waals surface area contributed by atoms with Crippen molar-refractivity contribution in [2.24, 2.45) is 5.92 Å². The summed E-state index contributed by atoms with van der Waals surface area (Å²) in [5.74, 6) is -1.08. The van der Waals surface area contributed by atoms with Crippen molar-refractivity contribution in [1.29, 1.82) is 0 Å². The number of rotatable bonds is 8. The van der Waals surface area contributed by atoms with Gasteiger partial charge in [-0.15, -0.1) is 0 Å². The maximum absolute atomic E-state index is 12.4. The second-order valence-electron chi connectivity index (χ2n) is 9.04. The first-order valence-electron chi connectivity index (χ1n) is 11.5. The van der Waals surface area contributed by atoms with Crippen LogP contribution in [0.25, 0.3) is 11.1 Å². The lowest BCUT2D eigenvalue weighted by Gasteiger charge is -2.21. The number of hydrogen-bond acceptors (Lipinski definition) is 4. The highest BCUT2D eigenvalue weighted by molar-refractivity contribution is 5.80. The van der Waals surface area contributed by atoms with Crippen LogP contribution in [0.2, 0.25) is 0 Å². The van der Waals surface area contributed by atoms with E-state index in [1.165, 1.54) is 11.1 Å². The number of carboxylic acids is 1. The van der Waals surface area contributed by atoms with Crippen LogP contribution in [0.4, 0.5) is 4.79 Å². The van der Waals surface area contributed by atoms with Gasteiger partial charge in [0.2, 0.25) is 5.91 Å². The molecule has 3 N–H and O–H groups in total. The summed E-state index contributed by atoms with van der Waals surface area (Å²) in [6.45, 7) is 1.97. The highest BCUT2D eigenvalue weighted by atomic mass is 16.5. The summed E-state index contributed by atoms with van der Waals surface area (Å²) in [6.07, 6.45) is 2.14. The number of alkyl carbamates (subject to hydrolysis) is 1. The zero-order valence-electron chi connectivity index (χ0n) is 18.8. The molecule has 2 aromatic rings. The molecule has 2 amide bonds. The predicted molar refractivity (Wildman–Crippen MR) is 124 cm³/mol. The van der Waals surface area contributed by atoms with Crippen LogP contribution in [0, 0.1) is 5.92 Å². The molecular weight excluding hydrogens is 420 g/mol. The minimum Gasteiger partial charge on any atom is -0.481 e. The monoisotopic (exact) mass is 450 g/mol. The fourth-order valence-electron chi connectivity index (χ4n) is 5.13. The Kier molecular flexibility index (Phi) is 6.96. The lowest BCUT2D eigenvalue weighted by Crippen LogP contribution is -2.42.